The number of likely N-dealkylation sites (tertiary alicyclic amines) is 1. The first kappa shape index (κ1) is 20.2. The van der Waals surface area contributed by atoms with Gasteiger partial charge < -0.3 is 4.90 Å². The molecule has 1 aromatic heterocycles. The predicted octanol–water partition coefficient (Wildman–Crippen LogP) is 3.80. The van der Waals surface area contributed by atoms with Crippen LogP contribution in [0.5, 0.6) is 0 Å². The number of anilines is 1. The summed E-state index contributed by atoms with van der Waals surface area (Å²) in [5, 5.41) is 4.30. The Labute approximate surface area is 183 Å². The second kappa shape index (κ2) is 9.20. The fourth-order valence-electron chi connectivity index (χ4n) is 4.94. The van der Waals surface area contributed by atoms with Crippen LogP contribution in [0.1, 0.15) is 18.4 Å². The van der Waals surface area contributed by atoms with Crippen LogP contribution in [-0.2, 0) is 6.54 Å². The monoisotopic (exact) mass is 419 g/mol. The Balaban J connectivity index is 1.15. The molecule has 2 fully saturated rings. The zero-order valence-electron chi connectivity index (χ0n) is 17.9. The average molecular weight is 420 g/mol. The topological polar surface area (TPSA) is 27.5 Å². The molecule has 0 amide bonds. The number of nitrogens with zero attached hydrogens (tertiary/aromatic N) is 5. The summed E-state index contributed by atoms with van der Waals surface area (Å²) in [5.41, 5.74) is 3.19. The summed E-state index contributed by atoms with van der Waals surface area (Å²) in [6.07, 6.45) is 6.27. The van der Waals surface area contributed by atoms with Gasteiger partial charge in [0.15, 0.2) is 0 Å². The molecule has 162 valence electrons. The van der Waals surface area contributed by atoms with Gasteiger partial charge in [-0.05, 0) is 55.3 Å². The Morgan fingerprint density at radius 1 is 0.903 bits per heavy atom. The van der Waals surface area contributed by atoms with E-state index in [1.807, 2.05) is 29.1 Å². The fraction of sp³-hybridized carbons (Fsp3) is 0.400. The number of hydrogen-bond acceptors (Lipinski definition) is 4. The molecule has 31 heavy (non-hydrogen) atoms. The number of aromatic nitrogens is 2. The Morgan fingerprint density at radius 3 is 2.45 bits per heavy atom. The normalized spacial score (nSPS) is 20.8. The molecule has 6 heteroatoms. The van der Waals surface area contributed by atoms with Gasteiger partial charge in [-0.2, -0.15) is 5.10 Å². The summed E-state index contributed by atoms with van der Waals surface area (Å²) < 4.78 is 16.0. The number of hydrogen-bond donors (Lipinski definition) is 0. The van der Waals surface area contributed by atoms with Gasteiger partial charge in [-0.25, -0.2) is 9.07 Å². The van der Waals surface area contributed by atoms with Crippen LogP contribution >= 0.6 is 0 Å². The van der Waals surface area contributed by atoms with Crippen LogP contribution in [0.25, 0.3) is 5.69 Å². The smallest absolute Gasteiger partial charge is 0.146 e. The van der Waals surface area contributed by atoms with E-state index < -0.39 is 0 Å². The molecule has 3 heterocycles. The van der Waals surface area contributed by atoms with Gasteiger partial charge >= 0.3 is 0 Å². The van der Waals surface area contributed by atoms with Crippen molar-refractivity contribution < 1.29 is 4.39 Å². The van der Waals surface area contributed by atoms with Crippen molar-refractivity contribution >= 4 is 5.69 Å². The lowest BCUT2D eigenvalue weighted by atomic mass is 10.0. The summed E-state index contributed by atoms with van der Waals surface area (Å²) in [6.45, 7) is 7.06. The summed E-state index contributed by atoms with van der Waals surface area (Å²) in [7, 11) is 0. The molecule has 0 aliphatic carbocycles. The molecule has 0 radical (unpaired) electrons. The first-order valence-electron chi connectivity index (χ1n) is 11.3. The highest BCUT2D eigenvalue weighted by Crippen LogP contribution is 2.24. The van der Waals surface area contributed by atoms with E-state index in [4.69, 9.17) is 0 Å². The molecule has 2 aliphatic rings. The maximum atomic E-state index is 14.1. The van der Waals surface area contributed by atoms with E-state index in [9.17, 15) is 4.39 Å². The summed E-state index contributed by atoms with van der Waals surface area (Å²) in [5.74, 6) is -0.113. The lowest BCUT2D eigenvalue weighted by molar-refractivity contribution is 0.0887. The Morgan fingerprint density at radius 2 is 1.71 bits per heavy atom. The van der Waals surface area contributed by atoms with Crippen molar-refractivity contribution in [3.05, 3.63) is 78.4 Å². The van der Waals surface area contributed by atoms with Gasteiger partial charge in [-0.1, -0.05) is 24.3 Å². The quantitative estimate of drug-likeness (QED) is 0.629. The molecule has 0 spiro atoms. The van der Waals surface area contributed by atoms with E-state index in [0.29, 0.717) is 6.04 Å². The van der Waals surface area contributed by atoms with Gasteiger partial charge in [0.2, 0.25) is 0 Å². The lowest BCUT2D eigenvalue weighted by Crippen LogP contribution is -2.55. The SMILES string of the molecule is Fc1ccccc1N1CCN(C2CCCN(Cc3ccc(-n4cccn4)cc3)C2)CC1. The number of halogens is 1. The predicted molar refractivity (Wildman–Crippen MR) is 122 cm³/mol. The second-order valence-electron chi connectivity index (χ2n) is 8.62. The van der Waals surface area contributed by atoms with E-state index in [0.717, 1.165) is 57.2 Å². The van der Waals surface area contributed by atoms with Crippen molar-refractivity contribution in [2.45, 2.75) is 25.4 Å². The zero-order valence-corrected chi connectivity index (χ0v) is 17.9. The van der Waals surface area contributed by atoms with Crippen molar-refractivity contribution in [3.63, 3.8) is 0 Å². The molecule has 2 aliphatic heterocycles. The largest absolute Gasteiger partial charge is 0.367 e. The second-order valence-corrected chi connectivity index (χ2v) is 8.62. The average Bonchev–Trinajstić information content (AvgIpc) is 3.35. The number of para-hydroxylation sites is 1. The number of benzene rings is 2. The Kier molecular flexibility index (Phi) is 6.00. The van der Waals surface area contributed by atoms with Crippen LogP contribution in [0.2, 0.25) is 0 Å². The molecule has 5 rings (SSSR count). The van der Waals surface area contributed by atoms with Crippen molar-refractivity contribution in [2.75, 3.05) is 44.2 Å². The molecular formula is C25H30FN5. The van der Waals surface area contributed by atoms with Crippen LogP contribution in [0, 0.1) is 5.82 Å². The minimum absolute atomic E-state index is 0.113. The number of piperazine rings is 1. The Bertz CT molecular complexity index is 964. The minimum atomic E-state index is -0.113. The molecule has 0 bridgehead atoms. The van der Waals surface area contributed by atoms with E-state index in [1.54, 1.807) is 18.3 Å². The third-order valence-electron chi connectivity index (χ3n) is 6.62. The standard InChI is InChI=1S/C25H30FN5/c26-24-6-1-2-7-25(24)30-17-15-29(16-18-30)23-5-3-13-28(20-23)19-21-8-10-22(11-9-21)31-14-4-12-27-31/h1-2,4,6-12,14,23H,3,5,13,15-20H2. The molecule has 2 aromatic carbocycles. The van der Waals surface area contributed by atoms with Crippen molar-refractivity contribution in [1.82, 2.24) is 19.6 Å². The van der Waals surface area contributed by atoms with Gasteiger partial charge in [0.05, 0.1) is 11.4 Å². The summed E-state index contributed by atoms with van der Waals surface area (Å²) in [4.78, 5) is 7.39. The molecule has 0 N–H and O–H groups in total. The third-order valence-corrected chi connectivity index (χ3v) is 6.62. The number of piperidine rings is 1. The van der Waals surface area contributed by atoms with Gasteiger partial charge in [0.25, 0.3) is 0 Å². The van der Waals surface area contributed by atoms with Crippen LogP contribution in [0.4, 0.5) is 10.1 Å². The van der Waals surface area contributed by atoms with Gasteiger partial charge in [-0.15, -0.1) is 0 Å². The van der Waals surface area contributed by atoms with E-state index in [2.05, 4.69) is 44.1 Å². The molecule has 0 saturated carbocycles. The van der Waals surface area contributed by atoms with E-state index >= 15 is 0 Å². The highest BCUT2D eigenvalue weighted by molar-refractivity contribution is 5.48. The molecular weight excluding hydrogens is 389 g/mol. The zero-order chi connectivity index (χ0) is 21.0. The third kappa shape index (κ3) is 4.65. The Hall–Kier alpha value is -2.70. The first-order valence-corrected chi connectivity index (χ1v) is 11.3. The fourth-order valence-corrected chi connectivity index (χ4v) is 4.94. The van der Waals surface area contributed by atoms with E-state index in [1.165, 1.54) is 18.4 Å². The van der Waals surface area contributed by atoms with Crippen molar-refractivity contribution in [2.24, 2.45) is 0 Å². The van der Waals surface area contributed by atoms with Crippen LogP contribution in [0.3, 0.4) is 0 Å². The van der Waals surface area contributed by atoms with Crippen molar-refractivity contribution in [3.8, 4) is 5.69 Å². The van der Waals surface area contributed by atoms with Gasteiger partial charge in [0.1, 0.15) is 5.82 Å². The van der Waals surface area contributed by atoms with E-state index in [-0.39, 0.29) is 5.82 Å². The van der Waals surface area contributed by atoms with Gasteiger partial charge in [-0.3, -0.25) is 9.80 Å². The first-order chi connectivity index (χ1) is 15.3. The molecule has 1 unspecified atom stereocenters. The molecule has 5 nitrogen and oxygen atoms in total. The molecule has 1 atom stereocenters. The highest BCUT2D eigenvalue weighted by atomic mass is 19.1. The molecule has 2 saturated heterocycles. The van der Waals surface area contributed by atoms with Crippen LogP contribution < -0.4 is 4.90 Å². The number of rotatable bonds is 5. The molecule has 3 aromatic rings. The summed E-state index contributed by atoms with van der Waals surface area (Å²) in [6, 6.07) is 18.4. The summed E-state index contributed by atoms with van der Waals surface area (Å²) >= 11 is 0. The highest BCUT2D eigenvalue weighted by Gasteiger charge is 2.28. The lowest BCUT2D eigenvalue weighted by Gasteiger charge is -2.44. The van der Waals surface area contributed by atoms with Gasteiger partial charge in [0, 0.05) is 57.7 Å². The van der Waals surface area contributed by atoms with Crippen molar-refractivity contribution in [1.29, 1.82) is 0 Å². The maximum absolute atomic E-state index is 14.1. The van der Waals surface area contributed by atoms with Crippen LogP contribution in [-0.4, -0.2) is 64.9 Å². The van der Waals surface area contributed by atoms with Crippen LogP contribution in [0.15, 0.2) is 67.0 Å². The maximum Gasteiger partial charge on any atom is 0.146 e. The minimum Gasteiger partial charge on any atom is -0.367 e.